The van der Waals surface area contributed by atoms with E-state index in [1.54, 1.807) is 16.0 Å². The minimum absolute atomic E-state index is 0.850. The zero-order chi connectivity index (χ0) is 10.7. The molecule has 0 amide bonds. The summed E-state index contributed by atoms with van der Waals surface area (Å²) in [6.07, 6.45) is 3.64. The lowest BCUT2D eigenvalue weighted by Gasteiger charge is -1.94. The van der Waals surface area contributed by atoms with E-state index in [2.05, 4.69) is 34.6 Å². The average molecular weight is 222 g/mol. The fourth-order valence-electron chi connectivity index (χ4n) is 1.42. The van der Waals surface area contributed by atoms with Gasteiger partial charge in [-0.3, -0.25) is 0 Å². The van der Waals surface area contributed by atoms with E-state index in [-0.39, 0.29) is 0 Å². The van der Waals surface area contributed by atoms with E-state index < -0.39 is 0 Å². The summed E-state index contributed by atoms with van der Waals surface area (Å²) < 4.78 is 1.70. The van der Waals surface area contributed by atoms with Gasteiger partial charge in [0, 0.05) is 11.9 Å². The van der Waals surface area contributed by atoms with E-state index in [0.717, 1.165) is 17.1 Å². The van der Waals surface area contributed by atoms with Gasteiger partial charge in [-0.25, -0.2) is 4.68 Å². The third-order valence-electron chi connectivity index (χ3n) is 2.28. The molecule has 0 saturated heterocycles. The number of hydrogen-bond donors (Lipinski definition) is 0. The van der Waals surface area contributed by atoms with Crippen LogP contribution in [-0.2, 0) is 13.5 Å². The Labute approximate surface area is 92.9 Å². The van der Waals surface area contributed by atoms with Crippen LogP contribution in [0.3, 0.4) is 0 Å². The molecule has 0 saturated carbocycles. The van der Waals surface area contributed by atoms with Crippen LogP contribution in [0.15, 0.2) is 12.1 Å². The first-order valence-electron chi connectivity index (χ1n) is 5.12. The second-order valence-electron chi connectivity index (χ2n) is 3.50. The van der Waals surface area contributed by atoms with Crippen LogP contribution in [0.5, 0.6) is 0 Å². The molecule has 0 aliphatic carbocycles. The van der Waals surface area contributed by atoms with Gasteiger partial charge in [0.25, 0.3) is 0 Å². The highest BCUT2D eigenvalue weighted by Gasteiger charge is 2.08. The number of unbranched alkanes of at least 4 members (excludes halogenated alkanes) is 1. The maximum absolute atomic E-state index is 3.99. The van der Waals surface area contributed by atoms with E-state index in [0.29, 0.717) is 0 Å². The molecule has 5 heteroatoms. The molecule has 2 heterocycles. The summed E-state index contributed by atoms with van der Waals surface area (Å²) in [5.41, 5.74) is 0. The highest BCUT2D eigenvalue weighted by atomic mass is 32.1. The van der Waals surface area contributed by atoms with E-state index in [1.807, 2.05) is 7.05 Å². The van der Waals surface area contributed by atoms with E-state index in [1.165, 1.54) is 17.7 Å². The fraction of sp³-hybridized carbons (Fsp3) is 0.500. The molecular formula is C10H14N4S. The molecule has 2 aromatic heterocycles. The van der Waals surface area contributed by atoms with Gasteiger partial charge in [0.1, 0.15) is 0 Å². The van der Waals surface area contributed by atoms with Crippen LogP contribution in [0.1, 0.15) is 24.6 Å². The normalized spacial score (nSPS) is 10.8. The van der Waals surface area contributed by atoms with Crippen molar-refractivity contribution in [3.8, 4) is 10.7 Å². The van der Waals surface area contributed by atoms with Crippen LogP contribution in [0, 0.1) is 0 Å². The lowest BCUT2D eigenvalue weighted by Crippen LogP contribution is -1.92. The van der Waals surface area contributed by atoms with Crippen molar-refractivity contribution in [1.29, 1.82) is 0 Å². The van der Waals surface area contributed by atoms with Gasteiger partial charge < -0.3 is 0 Å². The molecule has 0 aromatic carbocycles. The fourth-order valence-corrected chi connectivity index (χ4v) is 2.49. The monoisotopic (exact) mass is 222 g/mol. The van der Waals surface area contributed by atoms with Crippen molar-refractivity contribution in [3.63, 3.8) is 0 Å². The lowest BCUT2D eigenvalue weighted by molar-refractivity contribution is 0.715. The van der Waals surface area contributed by atoms with Crippen molar-refractivity contribution in [2.75, 3.05) is 0 Å². The second-order valence-corrected chi connectivity index (χ2v) is 4.66. The minimum Gasteiger partial charge on any atom is -0.228 e. The smallest absolute Gasteiger partial charge is 0.191 e. The van der Waals surface area contributed by atoms with Crippen LogP contribution in [0.25, 0.3) is 10.7 Å². The highest BCUT2D eigenvalue weighted by molar-refractivity contribution is 7.15. The van der Waals surface area contributed by atoms with Crippen molar-refractivity contribution in [2.24, 2.45) is 7.05 Å². The van der Waals surface area contributed by atoms with Gasteiger partial charge in [0.2, 0.25) is 0 Å². The Balaban J connectivity index is 2.17. The number of aromatic nitrogens is 4. The van der Waals surface area contributed by atoms with Crippen LogP contribution in [0.4, 0.5) is 0 Å². The summed E-state index contributed by atoms with van der Waals surface area (Å²) in [5, 5.41) is 11.5. The Bertz CT molecular complexity index is 432. The highest BCUT2D eigenvalue weighted by Crippen LogP contribution is 2.26. The van der Waals surface area contributed by atoms with Crippen molar-refractivity contribution in [1.82, 2.24) is 20.2 Å². The Morgan fingerprint density at radius 1 is 1.40 bits per heavy atom. The van der Waals surface area contributed by atoms with Gasteiger partial charge in [0.15, 0.2) is 5.82 Å². The van der Waals surface area contributed by atoms with Crippen LogP contribution >= 0.6 is 11.3 Å². The summed E-state index contributed by atoms with van der Waals surface area (Å²) >= 11 is 1.78. The standard InChI is InChI=1S/C10H14N4S/c1-3-4-5-8-6-7-9(15-8)10-11-12-13-14(10)2/h6-7H,3-5H2,1-2H3. The summed E-state index contributed by atoms with van der Waals surface area (Å²) in [7, 11) is 1.86. The van der Waals surface area contributed by atoms with Crippen molar-refractivity contribution in [2.45, 2.75) is 26.2 Å². The molecule has 2 aromatic rings. The third-order valence-corrected chi connectivity index (χ3v) is 3.42. The third kappa shape index (κ3) is 2.23. The number of hydrogen-bond acceptors (Lipinski definition) is 4. The van der Waals surface area contributed by atoms with Gasteiger partial charge >= 0.3 is 0 Å². The van der Waals surface area contributed by atoms with E-state index in [9.17, 15) is 0 Å². The molecule has 0 unspecified atom stereocenters. The number of aryl methyl sites for hydroxylation is 2. The predicted octanol–water partition coefficient (Wildman–Crippen LogP) is 2.28. The summed E-state index contributed by atoms with van der Waals surface area (Å²) in [5.74, 6) is 0.850. The van der Waals surface area contributed by atoms with Gasteiger partial charge in [-0.15, -0.1) is 16.4 Å². The molecule has 0 aliphatic rings. The molecule has 0 fully saturated rings. The van der Waals surface area contributed by atoms with E-state index in [4.69, 9.17) is 0 Å². The quantitative estimate of drug-likeness (QED) is 0.797. The maximum Gasteiger partial charge on any atom is 0.191 e. The zero-order valence-electron chi connectivity index (χ0n) is 8.97. The molecule has 0 radical (unpaired) electrons. The van der Waals surface area contributed by atoms with Crippen LogP contribution in [-0.4, -0.2) is 20.2 Å². The number of thiophene rings is 1. The summed E-state index contributed by atoms with van der Waals surface area (Å²) in [4.78, 5) is 2.56. The lowest BCUT2D eigenvalue weighted by atomic mass is 10.2. The number of tetrazole rings is 1. The molecule has 0 spiro atoms. The largest absolute Gasteiger partial charge is 0.228 e. The first-order valence-corrected chi connectivity index (χ1v) is 5.94. The van der Waals surface area contributed by atoms with Crippen LogP contribution < -0.4 is 0 Å². The molecule has 0 N–H and O–H groups in total. The van der Waals surface area contributed by atoms with Gasteiger partial charge in [-0.1, -0.05) is 13.3 Å². The summed E-state index contributed by atoms with van der Waals surface area (Å²) in [6.45, 7) is 2.21. The van der Waals surface area contributed by atoms with Crippen molar-refractivity contribution in [3.05, 3.63) is 17.0 Å². The van der Waals surface area contributed by atoms with E-state index >= 15 is 0 Å². The van der Waals surface area contributed by atoms with Crippen molar-refractivity contribution < 1.29 is 0 Å². The molecule has 0 aliphatic heterocycles. The predicted molar refractivity (Wildman–Crippen MR) is 60.7 cm³/mol. The molecule has 0 atom stereocenters. The SMILES string of the molecule is CCCCc1ccc(-c2nnnn2C)s1. The number of rotatable bonds is 4. The minimum atomic E-state index is 0.850. The van der Waals surface area contributed by atoms with Crippen molar-refractivity contribution >= 4 is 11.3 Å². The molecule has 0 bridgehead atoms. The van der Waals surface area contributed by atoms with Gasteiger partial charge in [-0.05, 0) is 35.4 Å². The second kappa shape index (κ2) is 4.53. The van der Waals surface area contributed by atoms with Gasteiger partial charge in [0.05, 0.1) is 4.88 Å². The molecule has 15 heavy (non-hydrogen) atoms. The number of nitrogens with zero attached hydrogens (tertiary/aromatic N) is 4. The average Bonchev–Trinajstić information content (AvgIpc) is 2.83. The Morgan fingerprint density at radius 3 is 2.93 bits per heavy atom. The molecular weight excluding hydrogens is 208 g/mol. The topological polar surface area (TPSA) is 43.6 Å². The zero-order valence-corrected chi connectivity index (χ0v) is 9.79. The van der Waals surface area contributed by atoms with Gasteiger partial charge in [-0.2, -0.15) is 0 Å². The Hall–Kier alpha value is -1.23. The molecule has 80 valence electrons. The Kier molecular flexibility index (Phi) is 3.11. The Morgan fingerprint density at radius 2 is 2.27 bits per heavy atom. The molecule has 2 rings (SSSR count). The first kappa shape index (κ1) is 10.3. The first-order chi connectivity index (χ1) is 7.31. The maximum atomic E-state index is 3.99. The summed E-state index contributed by atoms with van der Waals surface area (Å²) in [6, 6.07) is 4.27. The molecule has 4 nitrogen and oxygen atoms in total. The van der Waals surface area contributed by atoms with Crippen LogP contribution in [0.2, 0.25) is 0 Å².